The molecular weight excluding hydrogens is 252 g/mol. The molecule has 0 atom stereocenters. The fourth-order valence-electron chi connectivity index (χ4n) is 1.37. The number of nitrogens with one attached hydrogen (secondary N) is 1. The number of H-pyrrole nitrogens is 1. The van der Waals surface area contributed by atoms with Gasteiger partial charge in [-0.3, -0.25) is 4.79 Å². The summed E-state index contributed by atoms with van der Waals surface area (Å²) >= 11 is 11.7. The van der Waals surface area contributed by atoms with Gasteiger partial charge in [0.05, 0.1) is 5.02 Å². The average Bonchev–Trinajstić information content (AvgIpc) is 2.23. The molecule has 0 saturated carbocycles. The van der Waals surface area contributed by atoms with Gasteiger partial charge in [-0.1, -0.05) is 29.3 Å². The third-order valence-electron chi connectivity index (χ3n) is 2.12. The van der Waals surface area contributed by atoms with Crippen LogP contribution in [-0.2, 0) is 0 Å². The summed E-state index contributed by atoms with van der Waals surface area (Å²) < 4.78 is 13.1. The van der Waals surface area contributed by atoms with Gasteiger partial charge < -0.3 is 4.98 Å². The molecule has 5 heteroatoms. The van der Waals surface area contributed by atoms with Crippen LogP contribution in [0.1, 0.15) is 0 Å². The van der Waals surface area contributed by atoms with Crippen molar-refractivity contribution in [1.82, 2.24) is 4.98 Å². The maximum Gasteiger partial charge on any atom is 0.224 e. The fraction of sp³-hybridized carbons (Fsp3) is 0. The molecule has 82 valence electrons. The minimum atomic E-state index is -0.844. The number of benzene rings is 1. The Balaban J connectivity index is 2.68. The minimum Gasteiger partial charge on any atom is -0.364 e. The first-order chi connectivity index (χ1) is 7.59. The van der Waals surface area contributed by atoms with Crippen molar-refractivity contribution in [3.05, 3.63) is 56.7 Å². The number of aromatic amines is 1. The number of hydrogen-bond donors (Lipinski definition) is 1. The highest BCUT2D eigenvalue weighted by molar-refractivity contribution is 6.36. The van der Waals surface area contributed by atoms with Crippen LogP contribution in [0.25, 0.3) is 11.1 Å². The monoisotopic (exact) mass is 257 g/mol. The number of halogens is 3. The molecule has 0 spiro atoms. The molecule has 1 aromatic carbocycles. The van der Waals surface area contributed by atoms with Crippen LogP contribution in [0.4, 0.5) is 4.39 Å². The summed E-state index contributed by atoms with van der Waals surface area (Å²) in [5.74, 6) is -0.844. The van der Waals surface area contributed by atoms with Crippen LogP contribution in [-0.4, -0.2) is 4.98 Å². The van der Waals surface area contributed by atoms with E-state index < -0.39 is 11.2 Å². The molecule has 1 N–H and O–H groups in total. The van der Waals surface area contributed by atoms with Crippen LogP contribution in [0.15, 0.2) is 35.4 Å². The number of rotatable bonds is 1. The normalized spacial score (nSPS) is 10.4. The van der Waals surface area contributed by atoms with Gasteiger partial charge in [0.15, 0.2) is 5.82 Å². The topological polar surface area (TPSA) is 32.9 Å². The number of hydrogen-bond acceptors (Lipinski definition) is 1. The summed E-state index contributed by atoms with van der Waals surface area (Å²) in [6.07, 6.45) is 2.40. The van der Waals surface area contributed by atoms with Crippen LogP contribution in [0, 0.1) is 5.82 Å². The Labute approximate surface area is 101 Å². The van der Waals surface area contributed by atoms with Gasteiger partial charge in [-0.25, -0.2) is 4.39 Å². The molecule has 2 nitrogen and oxygen atoms in total. The van der Waals surface area contributed by atoms with E-state index in [1.807, 2.05) is 0 Å². The lowest BCUT2D eigenvalue weighted by Crippen LogP contribution is -2.09. The van der Waals surface area contributed by atoms with E-state index in [1.54, 1.807) is 12.1 Å². The van der Waals surface area contributed by atoms with Gasteiger partial charge in [-0.15, -0.1) is 0 Å². The summed E-state index contributed by atoms with van der Waals surface area (Å²) in [6, 6.07) is 4.67. The second-order valence-electron chi connectivity index (χ2n) is 3.17. The van der Waals surface area contributed by atoms with Gasteiger partial charge in [0.1, 0.15) is 0 Å². The lowest BCUT2D eigenvalue weighted by atomic mass is 10.1. The van der Waals surface area contributed by atoms with E-state index in [0.29, 0.717) is 15.6 Å². The predicted molar refractivity (Wildman–Crippen MR) is 62.5 cm³/mol. The van der Waals surface area contributed by atoms with E-state index in [9.17, 15) is 9.18 Å². The van der Waals surface area contributed by atoms with Crippen molar-refractivity contribution in [2.24, 2.45) is 0 Å². The maximum absolute atomic E-state index is 13.1. The molecule has 0 bridgehead atoms. The van der Waals surface area contributed by atoms with E-state index >= 15 is 0 Å². The van der Waals surface area contributed by atoms with Crippen molar-refractivity contribution in [1.29, 1.82) is 0 Å². The van der Waals surface area contributed by atoms with Gasteiger partial charge in [-0.05, 0) is 12.1 Å². The first kappa shape index (κ1) is 11.2. The Bertz CT molecular complexity index is 595. The summed E-state index contributed by atoms with van der Waals surface area (Å²) in [6.45, 7) is 0. The van der Waals surface area contributed by atoms with Crippen LogP contribution in [0.3, 0.4) is 0 Å². The molecule has 0 fully saturated rings. The van der Waals surface area contributed by atoms with Gasteiger partial charge in [0, 0.05) is 28.5 Å². The Morgan fingerprint density at radius 1 is 1.12 bits per heavy atom. The lowest BCUT2D eigenvalue weighted by Gasteiger charge is -2.03. The molecule has 16 heavy (non-hydrogen) atoms. The molecule has 0 aliphatic heterocycles. The van der Waals surface area contributed by atoms with E-state index in [1.165, 1.54) is 12.3 Å². The zero-order valence-electron chi connectivity index (χ0n) is 7.93. The summed E-state index contributed by atoms with van der Waals surface area (Å²) in [4.78, 5) is 14.1. The van der Waals surface area contributed by atoms with Crippen molar-refractivity contribution in [3.63, 3.8) is 0 Å². The first-order valence-corrected chi connectivity index (χ1v) is 5.17. The van der Waals surface area contributed by atoms with Crippen LogP contribution < -0.4 is 5.43 Å². The van der Waals surface area contributed by atoms with Gasteiger partial charge in [-0.2, -0.15) is 0 Å². The minimum absolute atomic E-state index is 0.182. The van der Waals surface area contributed by atoms with Crippen molar-refractivity contribution < 1.29 is 4.39 Å². The molecule has 0 aliphatic rings. The van der Waals surface area contributed by atoms with E-state index in [-0.39, 0.29) is 5.56 Å². The Morgan fingerprint density at radius 3 is 2.56 bits per heavy atom. The quantitative estimate of drug-likeness (QED) is 0.834. The Hall–Kier alpha value is -1.32. The zero-order valence-corrected chi connectivity index (χ0v) is 9.44. The fourth-order valence-corrected chi connectivity index (χ4v) is 1.88. The molecule has 1 aromatic heterocycles. The average molecular weight is 258 g/mol. The SMILES string of the molecule is O=c1c(F)c[nH]cc1-c1ccc(Cl)cc1Cl. The largest absolute Gasteiger partial charge is 0.364 e. The molecule has 2 aromatic rings. The molecule has 2 rings (SSSR count). The van der Waals surface area contributed by atoms with Crippen molar-refractivity contribution in [3.8, 4) is 11.1 Å². The van der Waals surface area contributed by atoms with Crippen LogP contribution in [0.2, 0.25) is 10.0 Å². The predicted octanol–water partition coefficient (Wildman–Crippen LogP) is 3.49. The molecule has 0 saturated heterocycles. The van der Waals surface area contributed by atoms with E-state index in [4.69, 9.17) is 23.2 Å². The Kier molecular flexibility index (Phi) is 2.99. The Morgan fingerprint density at radius 2 is 1.88 bits per heavy atom. The molecular formula is C11H6Cl2FNO. The van der Waals surface area contributed by atoms with E-state index in [0.717, 1.165) is 6.20 Å². The lowest BCUT2D eigenvalue weighted by molar-refractivity contribution is 0.612. The third-order valence-corrected chi connectivity index (χ3v) is 2.67. The van der Waals surface area contributed by atoms with E-state index in [2.05, 4.69) is 4.98 Å². The van der Waals surface area contributed by atoms with Gasteiger partial charge >= 0.3 is 0 Å². The summed E-state index contributed by atoms with van der Waals surface area (Å²) in [5, 5.41) is 0.769. The smallest absolute Gasteiger partial charge is 0.224 e. The zero-order chi connectivity index (χ0) is 11.7. The third kappa shape index (κ3) is 1.96. The standard InChI is InChI=1S/C11H6Cl2FNO/c12-6-1-2-7(9(13)3-6)8-4-15-5-10(14)11(8)16/h1-5H,(H,15,16). The highest BCUT2D eigenvalue weighted by atomic mass is 35.5. The molecule has 1 heterocycles. The summed E-state index contributed by atoms with van der Waals surface area (Å²) in [7, 11) is 0. The van der Waals surface area contributed by atoms with Crippen molar-refractivity contribution in [2.45, 2.75) is 0 Å². The second-order valence-corrected chi connectivity index (χ2v) is 4.01. The molecule has 0 unspecified atom stereocenters. The van der Waals surface area contributed by atoms with Crippen molar-refractivity contribution in [2.75, 3.05) is 0 Å². The van der Waals surface area contributed by atoms with Crippen LogP contribution in [0.5, 0.6) is 0 Å². The number of aromatic nitrogens is 1. The molecule has 0 radical (unpaired) electrons. The first-order valence-electron chi connectivity index (χ1n) is 4.41. The number of pyridine rings is 1. The molecule has 0 aliphatic carbocycles. The van der Waals surface area contributed by atoms with Gasteiger partial charge in [0.2, 0.25) is 5.43 Å². The maximum atomic E-state index is 13.1. The van der Waals surface area contributed by atoms with Gasteiger partial charge in [0.25, 0.3) is 0 Å². The molecule has 0 amide bonds. The van der Waals surface area contributed by atoms with Crippen LogP contribution >= 0.6 is 23.2 Å². The van der Waals surface area contributed by atoms with Crippen molar-refractivity contribution >= 4 is 23.2 Å². The highest BCUT2D eigenvalue weighted by Crippen LogP contribution is 2.27. The highest BCUT2D eigenvalue weighted by Gasteiger charge is 2.10. The second kappa shape index (κ2) is 4.28. The summed E-state index contributed by atoms with van der Waals surface area (Å²) in [5.41, 5.74) is -0.0588.